The highest BCUT2D eigenvalue weighted by molar-refractivity contribution is 6.65. The quantitative estimate of drug-likeness (QED) is 0.0245. The van der Waals surface area contributed by atoms with Crippen molar-refractivity contribution in [2.75, 3.05) is 55.1 Å². The van der Waals surface area contributed by atoms with E-state index in [1.807, 2.05) is 6.55 Å². The van der Waals surface area contributed by atoms with Gasteiger partial charge in [0.1, 0.15) is 12.4 Å². The highest BCUT2D eigenvalue weighted by Gasteiger charge is 2.50. The lowest BCUT2D eigenvalue weighted by Crippen LogP contribution is -2.44. The van der Waals surface area contributed by atoms with Crippen LogP contribution in [0.4, 0.5) is 0 Å². The van der Waals surface area contributed by atoms with Gasteiger partial charge in [-0.1, -0.05) is 13.0 Å². The normalized spacial score (nSPS) is 13.8. The number of aliphatic hydroxyl groups is 1. The Labute approximate surface area is 336 Å². The molecule has 0 saturated carbocycles. The summed E-state index contributed by atoms with van der Waals surface area (Å²) in [7, 11) is 3.53. The molecule has 0 bridgehead atoms. The fraction of sp³-hybridized carbons (Fsp3) is 0.537. The number of hydrogen-bond acceptors (Lipinski definition) is 15. The molecule has 2 rings (SSSR count). The minimum absolute atomic E-state index is 0.0215. The van der Waals surface area contributed by atoms with E-state index in [1.54, 1.807) is 61.0 Å². The van der Waals surface area contributed by atoms with Crippen molar-refractivity contribution in [3.05, 3.63) is 59.7 Å². The minimum atomic E-state index is -2.34. The Hall–Kier alpha value is -4.77. The maximum absolute atomic E-state index is 13.6. The first-order valence-corrected chi connectivity index (χ1v) is 21.0. The third-order valence-electron chi connectivity index (χ3n) is 9.64. The van der Waals surface area contributed by atoms with Crippen molar-refractivity contribution in [3.63, 3.8) is 0 Å². The van der Waals surface area contributed by atoms with E-state index in [2.05, 4.69) is 4.74 Å². The number of ether oxygens (including phenoxy) is 7. The van der Waals surface area contributed by atoms with Gasteiger partial charge in [0.05, 0.1) is 49.2 Å². The fourth-order valence-electron chi connectivity index (χ4n) is 6.09. The molecule has 0 fully saturated rings. The van der Waals surface area contributed by atoms with Crippen LogP contribution in [0.1, 0.15) is 76.2 Å². The molecule has 57 heavy (non-hydrogen) atoms. The average molecular weight is 819 g/mol. The molecule has 316 valence electrons. The van der Waals surface area contributed by atoms with Gasteiger partial charge in [-0.25, -0.2) is 9.59 Å². The van der Waals surface area contributed by atoms with Gasteiger partial charge < -0.3 is 47.1 Å². The third kappa shape index (κ3) is 14.6. The molecule has 1 N–H and O–H groups in total. The van der Waals surface area contributed by atoms with Gasteiger partial charge >= 0.3 is 38.4 Å². The standard InChI is InChI=1S/C41H58O15Si/c1-11-40(4,27-41(5,38(47)53-23-21-42)26-39(2,3)36(45)52-22-12-24-57(10,50-8)51-9)37(46)55-28-54-31-17-15-30(16-18-31)35(44)56-32-19-13-29(25-33(32)48-6)14-20-34(43)49-7/h13-20,25,42H,11-12,21-24,26-28H2,1-10H3/b20-14+. The van der Waals surface area contributed by atoms with Crippen molar-refractivity contribution in [2.24, 2.45) is 16.2 Å². The first-order chi connectivity index (χ1) is 26.8. The molecule has 2 aromatic carbocycles. The number of aliphatic hydroxyl groups excluding tert-OH is 1. The summed E-state index contributed by atoms with van der Waals surface area (Å²) in [5.41, 5.74) is -2.90. The molecule has 0 saturated heterocycles. The van der Waals surface area contributed by atoms with E-state index in [1.165, 1.54) is 56.7 Å². The number of esters is 5. The van der Waals surface area contributed by atoms with Crippen LogP contribution in [0.2, 0.25) is 12.6 Å². The van der Waals surface area contributed by atoms with E-state index in [0.29, 0.717) is 23.8 Å². The highest BCUT2D eigenvalue weighted by atomic mass is 28.4. The van der Waals surface area contributed by atoms with Gasteiger partial charge in [0, 0.05) is 20.3 Å². The lowest BCUT2D eigenvalue weighted by atomic mass is 9.65. The molecule has 0 heterocycles. The molecule has 15 nitrogen and oxygen atoms in total. The van der Waals surface area contributed by atoms with E-state index in [0.717, 1.165) is 0 Å². The second-order valence-electron chi connectivity index (χ2n) is 14.7. The zero-order chi connectivity index (χ0) is 42.9. The molecule has 0 spiro atoms. The second-order valence-corrected chi connectivity index (χ2v) is 18.3. The number of rotatable bonds is 24. The Balaban J connectivity index is 2.08. The molecule has 0 aliphatic heterocycles. The summed E-state index contributed by atoms with van der Waals surface area (Å²) in [6.07, 6.45) is 3.52. The predicted octanol–water partition coefficient (Wildman–Crippen LogP) is 6.04. The Bertz CT molecular complexity index is 1690. The SMILES string of the molecule is CCC(C)(CC(C)(CC(C)(C)C(=O)OCCC[Si](C)(OC)OC)C(=O)OCCO)C(=O)OCOc1ccc(C(=O)Oc2ccc(/C=C/C(=O)OC)cc2OC)cc1. The van der Waals surface area contributed by atoms with Crippen LogP contribution in [0.5, 0.6) is 17.2 Å². The Morgan fingerprint density at radius 3 is 1.98 bits per heavy atom. The summed E-state index contributed by atoms with van der Waals surface area (Å²) < 4.78 is 48.6. The van der Waals surface area contributed by atoms with Gasteiger partial charge in [-0.05, 0) is 114 Å². The zero-order valence-corrected chi connectivity index (χ0v) is 35.7. The van der Waals surface area contributed by atoms with E-state index in [-0.39, 0.29) is 49.5 Å². The van der Waals surface area contributed by atoms with E-state index < -0.39 is 68.1 Å². The van der Waals surface area contributed by atoms with Gasteiger partial charge in [-0.2, -0.15) is 0 Å². The maximum atomic E-state index is 13.6. The number of benzene rings is 2. The second kappa shape index (κ2) is 22.2. The molecule has 2 aromatic rings. The van der Waals surface area contributed by atoms with Gasteiger partial charge in [0.15, 0.2) is 11.5 Å². The summed E-state index contributed by atoms with van der Waals surface area (Å²) in [5.74, 6) is -2.30. The van der Waals surface area contributed by atoms with Crippen LogP contribution in [0.25, 0.3) is 6.08 Å². The van der Waals surface area contributed by atoms with Gasteiger partial charge in [0.2, 0.25) is 6.79 Å². The molecular weight excluding hydrogens is 761 g/mol. The van der Waals surface area contributed by atoms with Crippen molar-refractivity contribution >= 4 is 44.5 Å². The minimum Gasteiger partial charge on any atom is -0.493 e. The number of hydrogen-bond donors (Lipinski definition) is 1. The lowest BCUT2D eigenvalue weighted by Gasteiger charge is -2.39. The van der Waals surface area contributed by atoms with Gasteiger partial charge in [-0.15, -0.1) is 0 Å². The van der Waals surface area contributed by atoms with Crippen LogP contribution >= 0.6 is 0 Å². The topological polar surface area (TPSA) is 189 Å². The highest BCUT2D eigenvalue weighted by Crippen LogP contribution is 2.46. The Kier molecular flexibility index (Phi) is 18.9. The summed E-state index contributed by atoms with van der Waals surface area (Å²) in [5, 5.41) is 9.34. The first kappa shape index (κ1) is 48.4. The van der Waals surface area contributed by atoms with Crippen molar-refractivity contribution < 1.29 is 71.1 Å². The molecule has 2 unspecified atom stereocenters. The fourth-order valence-corrected chi connectivity index (χ4v) is 7.45. The monoisotopic (exact) mass is 818 g/mol. The first-order valence-electron chi connectivity index (χ1n) is 18.5. The predicted molar refractivity (Wildman–Crippen MR) is 211 cm³/mol. The van der Waals surface area contributed by atoms with Gasteiger partial charge in [0.25, 0.3) is 0 Å². The van der Waals surface area contributed by atoms with Crippen LogP contribution in [0.15, 0.2) is 48.5 Å². The van der Waals surface area contributed by atoms with Gasteiger partial charge in [-0.3, -0.25) is 14.4 Å². The number of carbonyl (C=O) groups is 5. The van der Waals surface area contributed by atoms with Crippen LogP contribution < -0.4 is 14.2 Å². The molecule has 0 radical (unpaired) electrons. The molecular formula is C41H58O15Si. The van der Waals surface area contributed by atoms with E-state index in [4.69, 9.17) is 37.3 Å². The lowest BCUT2D eigenvalue weighted by molar-refractivity contribution is -0.171. The van der Waals surface area contributed by atoms with E-state index in [9.17, 15) is 29.1 Å². The van der Waals surface area contributed by atoms with Crippen LogP contribution in [0.3, 0.4) is 0 Å². The van der Waals surface area contributed by atoms with Crippen molar-refractivity contribution in [2.45, 2.75) is 72.9 Å². The summed E-state index contributed by atoms with van der Waals surface area (Å²) in [4.78, 5) is 64.7. The molecule has 0 amide bonds. The Morgan fingerprint density at radius 2 is 1.40 bits per heavy atom. The largest absolute Gasteiger partial charge is 0.493 e. The zero-order valence-electron chi connectivity index (χ0n) is 34.7. The Morgan fingerprint density at radius 1 is 0.772 bits per heavy atom. The smallest absolute Gasteiger partial charge is 0.343 e. The molecule has 0 aliphatic carbocycles. The third-order valence-corrected chi connectivity index (χ3v) is 12.6. The molecule has 2 atom stereocenters. The van der Waals surface area contributed by atoms with Crippen LogP contribution in [-0.2, 0) is 47.0 Å². The van der Waals surface area contributed by atoms with Crippen LogP contribution in [0, 0.1) is 16.2 Å². The summed E-state index contributed by atoms with van der Waals surface area (Å²) in [6, 6.07) is 11.3. The molecule has 16 heteroatoms. The molecule has 0 aromatic heterocycles. The van der Waals surface area contributed by atoms with E-state index >= 15 is 0 Å². The van der Waals surface area contributed by atoms with Crippen LogP contribution in [-0.4, -0.2) is 98.6 Å². The number of carbonyl (C=O) groups excluding carboxylic acids is 5. The number of methoxy groups -OCH3 is 2. The molecule has 0 aliphatic rings. The maximum Gasteiger partial charge on any atom is 0.343 e. The van der Waals surface area contributed by atoms with Crippen molar-refractivity contribution in [1.29, 1.82) is 0 Å². The van der Waals surface area contributed by atoms with Crippen molar-refractivity contribution in [3.8, 4) is 17.2 Å². The summed E-state index contributed by atoms with van der Waals surface area (Å²) >= 11 is 0. The summed E-state index contributed by atoms with van der Waals surface area (Å²) in [6.45, 7) is 9.33. The van der Waals surface area contributed by atoms with Crippen molar-refractivity contribution in [1.82, 2.24) is 0 Å². The average Bonchev–Trinajstić information content (AvgIpc) is 3.20.